The molecule has 2 N–H and O–H groups in total. The smallest absolute Gasteiger partial charge is 0.278 e. The van der Waals surface area contributed by atoms with Crippen molar-refractivity contribution < 1.29 is 0 Å². The van der Waals surface area contributed by atoms with Gasteiger partial charge in [0.15, 0.2) is 5.15 Å². The standard InChI is InChI=1S/C12H9ClN4O/c13-11-10(15)12(18)17(7-16-11)6-9-4-2-1-3-8(9)5-14/h1-4,7H,6,15H2. The topological polar surface area (TPSA) is 84.7 Å². The van der Waals surface area contributed by atoms with Crippen molar-refractivity contribution in [3.63, 3.8) is 0 Å². The van der Waals surface area contributed by atoms with Crippen molar-refractivity contribution in [1.82, 2.24) is 9.55 Å². The van der Waals surface area contributed by atoms with Gasteiger partial charge in [0.05, 0.1) is 24.5 Å². The number of nitrogen functional groups attached to an aromatic ring is 1. The fourth-order valence-corrected chi connectivity index (χ4v) is 1.67. The van der Waals surface area contributed by atoms with Crippen molar-refractivity contribution in [2.45, 2.75) is 6.54 Å². The molecule has 0 aliphatic carbocycles. The number of anilines is 1. The summed E-state index contributed by atoms with van der Waals surface area (Å²) in [5.41, 5.74) is 6.25. The van der Waals surface area contributed by atoms with Gasteiger partial charge in [0.25, 0.3) is 5.56 Å². The van der Waals surface area contributed by atoms with E-state index in [0.717, 1.165) is 5.56 Å². The fraction of sp³-hybridized carbons (Fsp3) is 0.0833. The summed E-state index contributed by atoms with van der Waals surface area (Å²) < 4.78 is 1.32. The van der Waals surface area contributed by atoms with E-state index in [1.807, 2.05) is 0 Å². The Morgan fingerprint density at radius 2 is 2.17 bits per heavy atom. The molecule has 0 saturated heterocycles. The fourth-order valence-electron chi connectivity index (χ4n) is 1.55. The van der Waals surface area contributed by atoms with Crippen LogP contribution in [0.4, 0.5) is 5.69 Å². The van der Waals surface area contributed by atoms with E-state index in [9.17, 15) is 4.79 Å². The third-order valence-corrected chi connectivity index (χ3v) is 2.80. The molecule has 6 heteroatoms. The quantitative estimate of drug-likeness (QED) is 0.827. The van der Waals surface area contributed by atoms with E-state index in [2.05, 4.69) is 11.1 Å². The highest BCUT2D eigenvalue weighted by Crippen LogP contribution is 2.11. The zero-order valence-electron chi connectivity index (χ0n) is 9.30. The second kappa shape index (κ2) is 4.90. The van der Waals surface area contributed by atoms with Crippen LogP contribution in [0, 0.1) is 11.3 Å². The molecule has 1 heterocycles. The van der Waals surface area contributed by atoms with Crippen LogP contribution in [0.5, 0.6) is 0 Å². The predicted octanol–water partition coefficient (Wildman–Crippen LogP) is 1.40. The zero-order valence-corrected chi connectivity index (χ0v) is 10.1. The van der Waals surface area contributed by atoms with Crippen molar-refractivity contribution in [3.05, 3.63) is 57.2 Å². The molecule has 5 nitrogen and oxygen atoms in total. The number of hydrogen-bond acceptors (Lipinski definition) is 4. The molecule has 0 bridgehead atoms. The number of nitriles is 1. The Morgan fingerprint density at radius 3 is 2.89 bits per heavy atom. The van der Waals surface area contributed by atoms with Crippen LogP contribution in [-0.2, 0) is 6.54 Å². The Balaban J connectivity index is 2.45. The minimum Gasteiger partial charge on any atom is -0.392 e. The molecule has 2 rings (SSSR count). The maximum absolute atomic E-state index is 11.8. The minimum atomic E-state index is -0.414. The summed E-state index contributed by atoms with van der Waals surface area (Å²) in [6.45, 7) is 0.233. The first kappa shape index (κ1) is 12.1. The molecule has 1 aromatic heterocycles. The first-order valence-electron chi connectivity index (χ1n) is 5.12. The first-order chi connectivity index (χ1) is 8.63. The number of rotatable bonds is 2. The molecule has 18 heavy (non-hydrogen) atoms. The van der Waals surface area contributed by atoms with Crippen molar-refractivity contribution >= 4 is 17.3 Å². The first-order valence-corrected chi connectivity index (χ1v) is 5.49. The van der Waals surface area contributed by atoms with Crippen molar-refractivity contribution in [2.75, 3.05) is 5.73 Å². The molecule has 0 spiro atoms. The summed E-state index contributed by atoms with van der Waals surface area (Å²) in [5, 5.41) is 8.96. The Hall–Kier alpha value is -2.32. The van der Waals surface area contributed by atoms with Gasteiger partial charge in [-0.2, -0.15) is 5.26 Å². The highest BCUT2D eigenvalue weighted by Gasteiger charge is 2.08. The number of hydrogen-bond donors (Lipinski definition) is 1. The van der Waals surface area contributed by atoms with Gasteiger partial charge in [0.2, 0.25) is 0 Å². The SMILES string of the molecule is N#Cc1ccccc1Cn1cnc(Cl)c(N)c1=O. The summed E-state index contributed by atoms with van der Waals surface area (Å²) in [4.78, 5) is 15.6. The van der Waals surface area contributed by atoms with Gasteiger partial charge in [-0.25, -0.2) is 4.98 Å². The van der Waals surface area contributed by atoms with Crippen LogP contribution in [0.1, 0.15) is 11.1 Å². The lowest BCUT2D eigenvalue weighted by molar-refractivity contribution is 0.738. The van der Waals surface area contributed by atoms with E-state index in [1.54, 1.807) is 24.3 Å². The minimum absolute atomic E-state index is 0.00943. The molecule has 0 aliphatic rings. The predicted molar refractivity (Wildman–Crippen MR) is 68.2 cm³/mol. The molecular weight excluding hydrogens is 252 g/mol. The van der Waals surface area contributed by atoms with Gasteiger partial charge in [-0.05, 0) is 11.6 Å². The number of aromatic nitrogens is 2. The third kappa shape index (κ3) is 2.19. The lowest BCUT2D eigenvalue weighted by Crippen LogP contribution is -2.24. The zero-order chi connectivity index (χ0) is 13.1. The van der Waals surface area contributed by atoms with Crippen LogP contribution in [0.15, 0.2) is 35.4 Å². The highest BCUT2D eigenvalue weighted by atomic mass is 35.5. The van der Waals surface area contributed by atoms with Crippen molar-refractivity contribution in [3.8, 4) is 6.07 Å². The summed E-state index contributed by atoms with van der Waals surface area (Å²) in [5.74, 6) is 0. The molecule has 0 amide bonds. The van der Waals surface area contributed by atoms with Gasteiger partial charge < -0.3 is 5.73 Å². The van der Waals surface area contributed by atoms with Crippen molar-refractivity contribution in [2.24, 2.45) is 0 Å². The van der Waals surface area contributed by atoms with Gasteiger partial charge in [0, 0.05) is 0 Å². The molecular formula is C12H9ClN4O. The van der Waals surface area contributed by atoms with Gasteiger partial charge in [-0.3, -0.25) is 9.36 Å². The Bertz CT molecular complexity index is 687. The summed E-state index contributed by atoms with van der Waals surface area (Å²) >= 11 is 5.65. The molecule has 0 saturated carbocycles. The Morgan fingerprint density at radius 1 is 1.44 bits per heavy atom. The summed E-state index contributed by atoms with van der Waals surface area (Å²) in [7, 11) is 0. The lowest BCUT2D eigenvalue weighted by atomic mass is 10.1. The van der Waals surface area contributed by atoms with E-state index in [0.29, 0.717) is 5.56 Å². The molecule has 0 atom stereocenters. The maximum Gasteiger partial charge on any atom is 0.278 e. The maximum atomic E-state index is 11.8. The van der Waals surface area contributed by atoms with E-state index in [4.69, 9.17) is 22.6 Å². The largest absolute Gasteiger partial charge is 0.392 e. The van der Waals surface area contributed by atoms with Gasteiger partial charge in [-0.15, -0.1) is 0 Å². The highest BCUT2D eigenvalue weighted by molar-refractivity contribution is 6.31. The second-order valence-electron chi connectivity index (χ2n) is 3.65. The molecule has 0 aliphatic heterocycles. The van der Waals surface area contributed by atoms with Crippen LogP contribution in [0.25, 0.3) is 0 Å². The normalized spacial score (nSPS) is 10.0. The molecule has 0 radical (unpaired) electrons. The third-order valence-electron chi connectivity index (χ3n) is 2.50. The van der Waals surface area contributed by atoms with E-state index < -0.39 is 5.56 Å². The monoisotopic (exact) mass is 260 g/mol. The van der Waals surface area contributed by atoms with E-state index >= 15 is 0 Å². The van der Waals surface area contributed by atoms with Crippen LogP contribution in [-0.4, -0.2) is 9.55 Å². The van der Waals surface area contributed by atoms with Crippen LogP contribution < -0.4 is 11.3 Å². The molecule has 0 unspecified atom stereocenters. The molecule has 1 aromatic carbocycles. The number of nitrogens with zero attached hydrogens (tertiary/aromatic N) is 3. The number of benzene rings is 1. The average Bonchev–Trinajstić information content (AvgIpc) is 2.40. The van der Waals surface area contributed by atoms with Gasteiger partial charge >= 0.3 is 0 Å². The van der Waals surface area contributed by atoms with Crippen LogP contribution in [0.3, 0.4) is 0 Å². The van der Waals surface area contributed by atoms with Crippen LogP contribution >= 0.6 is 11.6 Å². The molecule has 90 valence electrons. The molecule has 2 aromatic rings. The summed E-state index contributed by atoms with van der Waals surface area (Å²) in [6, 6.07) is 9.09. The van der Waals surface area contributed by atoms with E-state index in [1.165, 1.54) is 10.9 Å². The van der Waals surface area contributed by atoms with Crippen LogP contribution in [0.2, 0.25) is 5.15 Å². The van der Waals surface area contributed by atoms with Gasteiger partial charge in [-0.1, -0.05) is 29.8 Å². The van der Waals surface area contributed by atoms with Crippen molar-refractivity contribution in [1.29, 1.82) is 5.26 Å². The van der Waals surface area contributed by atoms with E-state index in [-0.39, 0.29) is 17.4 Å². The second-order valence-corrected chi connectivity index (χ2v) is 4.01. The summed E-state index contributed by atoms with van der Waals surface area (Å²) in [6.07, 6.45) is 1.31. The molecule has 0 fully saturated rings. The van der Waals surface area contributed by atoms with Gasteiger partial charge in [0.1, 0.15) is 5.69 Å². The number of nitrogens with two attached hydrogens (primary N) is 1. The Kier molecular flexibility index (Phi) is 3.31. The average molecular weight is 261 g/mol. The lowest BCUT2D eigenvalue weighted by Gasteiger charge is -2.07. The number of halogens is 1. The Labute approximate surface area is 108 Å².